The van der Waals surface area contributed by atoms with Crippen molar-refractivity contribution in [3.05, 3.63) is 0 Å². The van der Waals surface area contributed by atoms with Crippen LogP contribution in [-0.2, 0) is 0 Å². The topological polar surface area (TPSA) is 15.3 Å². The zero-order valence-corrected chi connectivity index (χ0v) is 9.79. The van der Waals surface area contributed by atoms with Crippen molar-refractivity contribution in [2.75, 3.05) is 26.7 Å². The van der Waals surface area contributed by atoms with Gasteiger partial charge in [0.2, 0.25) is 0 Å². The predicted octanol–water partition coefficient (Wildman–Crippen LogP) is 1.57. The van der Waals surface area contributed by atoms with E-state index >= 15 is 0 Å². The summed E-state index contributed by atoms with van der Waals surface area (Å²) in [6.45, 7) is 8.50. The quantitative estimate of drug-likeness (QED) is 0.734. The van der Waals surface area contributed by atoms with Crippen LogP contribution in [0.1, 0.15) is 26.7 Å². The van der Waals surface area contributed by atoms with Crippen molar-refractivity contribution in [3.63, 3.8) is 0 Å². The Balaban J connectivity index is 1.77. The van der Waals surface area contributed by atoms with E-state index < -0.39 is 0 Å². The third-order valence-electron chi connectivity index (χ3n) is 4.20. The second kappa shape index (κ2) is 4.19. The summed E-state index contributed by atoms with van der Waals surface area (Å²) in [5, 5.41) is 3.48. The molecule has 1 aliphatic carbocycles. The van der Waals surface area contributed by atoms with Gasteiger partial charge in [-0.15, -0.1) is 0 Å². The van der Waals surface area contributed by atoms with Gasteiger partial charge in [-0.05, 0) is 57.7 Å². The first-order chi connectivity index (χ1) is 6.68. The van der Waals surface area contributed by atoms with Gasteiger partial charge in [-0.2, -0.15) is 0 Å². The summed E-state index contributed by atoms with van der Waals surface area (Å²) in [5.74, 6) is 2.75. The molecule has 0 aromatic carbocycles. The van der Waals surface area contributed by atoms with Crippen LogP contribution in [0.25, 0.3) is 0 Å². The molecule has 1 saturated carbocycles. The maximum Gasteiger partial charge on any atom is 0.00922 e. The fourth-order valence-corrected chi connectivity index (χ4v) is 2.58. The fraction of sp³-hybridized carbons (Fsp3) is 1.00. The Kier molecular flexibility index (Phi) is 3.13. The smallest absolute Gasteiger partial charge is 0.00922 e. The first kappa shape index (κ1) is 10.4. The van der Waals surface area contributed by atoms with E-state index in [0.717, 1.165) is 23.8 Å². The van der Waals surface area contributed by atoms with E-state index in [0.29, 0.717) is 0 Å². The standard InChI is InChI=1S/C12H24N2/c1-9-6-13-7-12(9)8-14(3)10(2)11-4-5-11/h9-13H,4-8H2,1-3H3. The third kappa shape index (κ3) is 2.29. The van der Waals surface area contributed by atoms with Gasteiger partial charge in [0.1, 0.15) is 0 Å². The lowest BCUT2D eigenvalue weighted by molar-refractivity contribution is 0.190. The van der Waals surface area contributed by atoms with Gasteiger partial charge >= 0.3 is 0 Å². The van der Waals surface area contributed by atoms with Crippen LogP contribution in [0.15, 0.2) is 0 Å². The molecule has 0 amide bonds. The average Bonchev–Trinajstić information content (AvgIpc) is 2.92. The molecule has 2 heteroatoms. The van der Waals surface area contributed by atoms with E-state index in [9.17, 15) is 0 Å². The van der Waals surface area contributed by atoms with E-state index in [2.05, 4.69) is 31.1 Å². The monoisotopic (exact) mass is 196 g/mol. The van der Waals surface area contributed by atoms with Crippen molar-refractivity contribution in [2.24, 2.45) is 17.8 Å². The second-order valence-electron chi connectivity index (χ2n) is 5.41. The molecule has 14 heavy (non-hydrogen) atoms. The van der Waals surface area contributed by atoms with Crippen LogP contribution in [-0.4, -0.2) is 37.6 Å². The van der Waals surface area contributed by atoms with E-state index in [-0.39, 0.29) is 0 Å². The molecule has 2 fully saturated rings. The van der Waals surface area contributed by atoms with Crippen LogP contribution in [0.4, 0.5) is 0 Å². The Bertz CT molecular complexity index is 189. The van der Waals surface area contributed by atoms with Crippen molar-refractivity contribution in [1.82, 2.24) is 10.2 Å². The Labute approximate surface area is 88.1 Å². The Morgan fingerprint density at radius 3 is 2.57 bits per heavy atom. The van der Waals surface area contributed by atoms with Crippen LogP contribution in [0.5, 0.6) is 0 Å². The highest BCUT2D eigenvalue weighted by atomic mass is 15.1. The van der Waals surface area contributed by atoms with Crippen LogP contribution < -0.4 is 5.32 Å². The Morgan fingerprint density at radius 1 is 1.36 bits per heavy atom. The number of nitrogens with zero attached hydrogens (tertiary/aromatic N) is 1. The fourth-order valence-electron chi connectivity index (χ4n) is 2.58. The maximum atomic E-state index is 3.48. The Morgan fingerprint density at radius 2 is 2.07 bits per heavy atom. The van der Waals surface area contributed by atoms with E-state index in [1.54, 1.807) is 0 Å². The minimum absolute atomic E-state index is 0.808. The largest absolute Gasteiger partial charge is 0.316 e. The van der Waals surface area contributed by atoms with Gasteiger partial charge in [-0.25, -0.2) is 0 Å². The molecule has 0 aromatic heterocycles. The summed E-state index contributed by atoms with van der Waals surface area (Å²) < 4.78 is 0. The lowest BCUT2D eigenvalue weighted by Crippen LogP contribution is -2.36. The second-order valence-corrected chi connectivity index (χ2v) is 5.41. The maximum absolute atomic E-state index is 3.48. The molecule has 82 valence electrons. The highest BCUT2D eigenvalue weighted by molar-refractivity contribution is 4.87. The SMILES string of the molecule is CC1CNCC1CN(C)C(C)C1CC1. The summed E-state index contributed by atoms with van der Waals surface area (Å²) in [6, 6.07) is 0.808. The molecule has 0 aromatic rings. The molecule has 0 bridgehead atoms. The first-order valence-corrected chi connectivity index (χ1v) is 6.09. The average molecular weight is 196 g/mol. The third-order valence-corrected chi connectivity index (χ3v) is 4.20. The highest BCUT2D eigenvalue weighted by Gasteiger charge is 2.32. The summed E-state index contributed by atoms with van der Waals surface area (Å²) in [4.78, 5) is 2.58. The summed E-state index contributed by atoms with van der Waals surface area (Å²) >= 11 is 0. The molecule has 1 aliphatic heterocycles. The van der Waals surface area contributed by atoms with E-state index in [1.165, 1.54) is 32.5 Å². The molecule has 1 heterocycles. The zero-order chi connectivity index (χ0) is 10.1. The molecular weight excluding hydrogens is 172 g/mol. The van der Waals surface area contributed by atoms with Gasteiger partial charge in [0.25, 0.3) is 0 Å². The van der Waals surface area contributed by atoms with Crippen molar-refractivity contribution in [3.8, 4) is 0 Å². The first-order valence-electron chi connectivity index (χ1n) is 6.09. The van der Waals surface area contributed by atoms with Gasteiger partial charge in [-0.3, -0.25) is 0 Å². The number of nitrogens with one attached hydrogen (secondary N) is 1. The lowest BCUT2D eigenvalue weighted by atomic mass is 9.97. The molecule has 2 aliphatic rings. The molecule has 1 saturated heterocycles. The van der Waals surface area contributed by atoms with Crippen LogP contribution in [0, 0.1) is 17.8 Å². The van der Waals surface area contributed by atoms with E-state index in [1.807, 2.05) is 0 Å². The van der Waals surface area contributed by atoms with Gasteiger partial charge in [0.05, 0.1) is 0 Å². The zero-order valence-electron chi connectivity index (χ0n) is 9.79. The summed E-state index contributed by atoms with van der Waals surface area (Å²) in [5.41, 5.74) is 0. The molecule has 1 N–H and O–H groups in total. The molecule has 2 rings (SSSR count). The number of hydrogen-bond donors (Lipinski definition) is 1. The molecule has 3 atom stereocenters. The minimum Gasteiger partial charge on any atom is -0.316 e. The van der Waals surface area contributed by atoms with Gasteiger partial charge in [0.15, 0.2) is 0 Å². The van der Waals surface area contributed by atoms with Crippen LogP contribution in [0.2, 0.25) is 0 Å². The van der Waals surface area contributed by atoms with Crippen molar-refractivity contribution < 1.29 is 0 Å². The molecule has 2 nitrogen and oxygen atoms in total. The van der Waals surface area contributed by atoms with Crippen LogP contribution >= 0.6 is 0 Å². The molecule has 0 radical (unpaired) electrons. The number of hydrogen-bond acceptors (Lipinski definition) is 2. The predicted molar refractivity (Wildman–Crippen MR) is 60.3 cm³/mol. The lowest BCUT2D eigenvalue weighted by Gasteiger charge is -2.28. The van der Waals surface area contributed by atoms with E-state index in [4.69, 9.17) is 0 Å². The molecule has 0 spiro atoms. The van der Waals surface area contributed by atoms with Gasteiger partial charge in [0, 0.05) is 12.6 Å². The van der Waals surface area contributed by atoms with Crippen molar-refractivity contribution in [1.29, 1.82) is 0 Å². The number of rotatable bonds is 4. The van der Waals surface area contributed by atoms with Crippen LogP contribution in [0.3, 0.4) is 0 Å². The van der Waals surface area contributed by atoms with Crippen molar-refractivity contribution in [2.45, 2.75) is 32.7 Å². The molecular formula is C12H24N2. The Hall–Kier alpha value is -0.0800. The van der Waals surface area contributed by atoms with Crippen molar-refractivity contribution >= 4 is 0 Å². The van der Waals surface area contributed by atoms with Gasteiger partial charge in [-0.1, -0.05) is 6.92 Å². The minimum atomic E-state index is 0.808. The van der Waals surface area contributed by atoms with Gasteiger partial charge < -0.3 is 10.2 Å². The normalized spacial score (nSPS) is 35.1. The summed E-state index contributed by atoms with van der Waals surface area (Å²) in [7, 11) is 2.30. The highest BCUT2D eigenvalue weighted by Crippen LogP contribution is 2.35. The molecule has 3 unspecified atom stereocenters. The summed E-state index contributed by atoms with van der Waals surface area (Å²) in [6.07, 6.45) is 2.92.